The Balaban J connectivity index is 2.15. The van der Waals surface area contributed by atoms with Crippen LogP contribution in [0.2, 0.25) is 0 Å². The lowest BCUT2D eigenvalue weighted by molar-refractivity contribution is 0.0759. The van der Waals surface area contributed by atoms with Crippen molar-refractivity contribution in [2.75, 3.05) is 18.5 Å². The number of nitrogens with two attached hydrogens (primary N) is 1. The minimum absolute atomic E-state index is 0.0761. The largest absolute Gasteiger partial charge is 0.339 e. The molecule has 5 heteroatoms. The zero-order chi connectivity index (χ0) is 15.4. The van der Waals surface area contributed by atoms with Gasteiger partial charge in [0.25, 0.3) is 5.91 Å². The van der Waals surface area contributed by atoms with E-state index in [0.717, 1.165) is 32.4 Å². The van der Waals surface area contributed by atoms with Crippen LogP contribution in [0.1, 0.15) is 43.5 Å². The summed E-state index contributed by atoms with van der Waals surface area (Å²) in [5.74, 6) is 5.99. The Morgan fingerprint density at radius 3 is 2.81 bits per heavy atom. The maximum Gasteiger partial charge on any atom is 0.256 e. The third-order valence-corrected chi connectivity index (χ3v) is 4.39. The first kappa shape index (κ1) is 15.8. The number of carbonyl (C=O) groups is 1. The Labute approximate surface area is 125 Å². The molecular formula is C16H24FN3O. The van der Waals surface area contributed by atoms with Crippen molar-refractivity contribution < 1.29 is 9.18 Å². The molecule has 4 nitrogen and oxygen atoms in total. The monoisotopic (exact) mass is 293 g/mol. The van der Waals surface area contributed by atoms with E-state index >= 15 is 0 Å². The molecule has 116 valence electrons. The average molecular weight is 293 g/mol. The van der Waals surface area contributed by atoms with E-state index in [-0.39, 0.29) is 11.6 Å². The maximum atomic E-state index is 13.7. The number of amides is 1. The van der Waals surface area contributed by atoms with Gasteiger partial charge in [-0.3, -0.25) is 10.6 Å². The fraction of sp³-hybridized carbons (Fsp3) is 0.562. The van der Waals surface area contributed by atoms with E-state index in [9.17, 15) is 9.18 Å². The van der Waals surface area contributed by atoms with Crippen LogP contribution in [0.15, 0.2) is 18.2 Å². The lowest BCUT2D eigenvalue weighted by Crippen LogP contribution is -2.33. The minimum Gasteiger partial charge on any atom is -0.339 e. The summed E-state index contributed by atoms with van der Waals surface area (Å²) >= 11 is 0. The molecular weight excluding hydrogens is 269 g/mol. The second-order valence-electron chi connectivity index (χ2n) is 6.03. The van der Waals surface area contributed by atoms with Gasteiger partial charge in [0.2, 0.25) is 0 Å². The number of nitrogens with one attached hydrogen (secondary N) is 1. The van der Waals surface area contributed by atoms with Crippen LogP contribution in [0, 0.1) is 17.7 Å². The van der Waals surface area contributed by atoms with Gasteiger partial charge >= 0.3 is 0 Å². The number of carbonyl (C=O) groups excluding carboxylic acids is 1. The SMILES string of the molecule is CC(C)C1CCCN(C(=O)c2cccc(F)c2NN)CC1. The number of para-hydroxylation sites is 1. The molecule has 1 heterocycles. The summed E-state index contributed by atoms with van der Waals surface area (Å²) in [5.41, 5.74) is 2.69. The molecule has 0 aliphatic carbocycles. The number of nitrogens with zero attached hydrogens (tertiary/aromatic N) is 1. The van der Waals surface area contributed by atoms with Crippen LogP contribution in [0.5, 0.6) is 0 Å². The van der Waals surface area contributed by atoms with Crippen LogP contribution in [0.3, 0.4) is 0 Å². The summed E-state index contributed by atoms with van der Waals surface area (Å²) < 4.78 is 13.7. The summed E-state index contributed by atoms with van der Waals surface area (Å²) in [6.07, 6.45) is 3.14. The van der Waals surface area contributed by atoms with Crippen molar-refractivity contribution in [2.45, 2.75) is 33.1 Å². The Morgan fingerprint density at radius 2 is 2.14 bits per heavy atom. The van der Waals surface area contributed by atoms with Gasteiger partial charge in [-0.15, -0.1) is 0 Å². The van der Waals surface area contributed by atoms with Crippen molar-refractivity contribution in [3.05, 3.63) is 29.6 Å². The van der Waals surface area contributed by atoms with Gasteiger partial charge in [-0.1, -0.05) is 19.9 Å². The molecule has 1 aromatic carbocycles. The molecule has 2 rings (SSSR count). The van der Waals surface area contributed by atoms with Gasteiger partial charge in [0.05, 0.1) is 11.3 Å². The number of halogens is 1. The fourth-order valence-electron chi connectivity index (χ4n) is 3.01. The van der Waals surface area contributed by atoms with Crippen LogP contribution >= 0.6 is 0 Å². The molecule has 1 atom stereocenters. The van der Waals surface area contributed by atoms with Crippen molar-refractivity contribution in [1.29, 1.82) is 0 Å². The van der Waals surface area contributed by atoms with Crippen LogP contribution in [-0.2, 0) is 0 Å². The smallest absolute Gasteiger partial charge is 0.256 e. The second kappa shape index (κ2) is 6.89. The summed E-state index contributed by atoms with van der Waals surface area (Å²) in [5, 5.41) is 0. The first-order chi connectivity index (χ1) is 10.0. The number of nitrogen functional groups attached to an aromatic ring is 1. The van der Waals surface area contributed by atoms with Crippen LogP contribution in [-0.4, -0.2) is 23.9 Å². The van der Waals surface area contributed by atoms with Crippen LogP contribution < -0.4 is 11.3 Å². The Hall–Kier alpha value is -1.62. The lowest BCUT2D eigenvalue weighted by atomic mass is 9.89. The predicted molar refractivity (Wildman–Crippen MR) is 82.3 cm³/mol. The molecule has 0 aromatic heterocycles. The highest BCUT2D eigenvalue weighted by Crippen LogP contribution is 2.27. The van der Waals surface area contributed by atoms with Crippen molar-refractivity contribution in [2.24, 2.45) is 17.7 Å². The molecule has 1 fully saturated rings. The van der Waals surface area contributed by atoms with E-state index < -0.39 is 5.82 Å². The lowest BCUT2D eigenvalue weighted by Gasteiger charge is -2.22. The molecule has 1 aromatic rings. The van der Waals surface area contributed by atoms with Crippen molar-refractivity contribution >= 4 is 11.6 Å². The highest BCUT2D eigenvalue weighted by molar-refractivity contribution is 5.99. The Kier molecular flexibility index (Phi) is 5.17. The van der Waals surface area contributed by atoms with Crippen molar-refractivity contribution in [1.82, 2.24) is 4.90 Å². The van der Waals surface area contributed by atoms with E-state index in [0.29, 0.717) is 17.4 Å². The van der Waals surface area contributed by atoms with Crippen LogP contribution in [0.25, 0.3) is 0 Å². The quantitative estimate of drug-likeness (QED) is 0.665. The van der Waals surface area contributed by atoms with Gasteiger partial charge in [0.1, 0.15) is 5.82 Å². The molecule has 1 saturated heterocycles. The minimum atomic E-state index is -0.502. The molecule has 0 bridgehead atoms. The summed E-state index contributed by atoms with van der Waals surface area (Å²) in [4.78, 5) is 14.4. The summed E-state index contributed by atoms with van der Waals surface area (Å²) in [6, 6.07) is 4.45. The topological polar surface area (TPSA) is 58.4 Å². The van der Waals surface area contributed by atoms with E-state index in [4.69, 9.17) is 5.84 Å². The molecule has 1 aliphatic heterocycles. The van der Waals surface area contributed by atoms with Gasteiger partial charge in [0.15, 0.2) is 0 Å². The molecule has 0 saturated carbocycles. The molecule has 1 aliphatic rings. The first-order valence-corrected chi connectivity index (χ1v) is 7.59. The fourth-order valence-corrected chi connectivity index (χ4v) is 3.01. The van der Waals surface area contributed by atoms with Crippen LogP contribution in [0.4, 0.5) is 10.1 Å². The Bertz CT molecular complexity index is 504. The maximum absolute atomic E-state index is 13.7. The molecule has 0 radical (unpaired) electrons. The number of hydrogen-bond donors (Lipinski definition) is 2. The summed E-state index contributed by atoms with van der Waals surface area (Å²) in [7, 11) is 0. The standard InChI is InChI=1S/C16H24FN3O/c1-11(2)12-5-4-9-20(10-8-12)16(21)13-6-3-7-14(17)15(13)19-18/h3,6-7,11-12,19H,4-5,8-10,18H2,1-2H3. The second-order valence-corrected chi connectivity index (χ2v) is 6.03. The zero-order valence-electron chi connectivity index (χ0n) is 12.7. The van der Waals surface area contributed by atoms with E-state index in [2.05, 4.69) is 19.3 Å². The van der Waals surface area contributed by atoms with Gasteiger partial charge in [-0.05, 0) is 43.2 Å². The van der Waals surface area contributed by atoms with Gasteiger partial charge in [0, 0.05) is 13.1 Å². The normalized spacial score (nSPS) is 19.5. The molecule has 3 N–H and O–H groups in total. The van der Waals surface area contributed by atoms with Gasteiger partial charge < -0.3 is 10.3 Å². The number of benzene rings is 1. The average Bonchev–Trinajstić information content (AvgIpc) is 2.72. The number of rotatable bonds is 3. The highest BCUT2D eigenvalue weighted by Gasteiger charge is 2.25. The van der Waals surface area contributed by atoms with Gasteiger partial charge in [-0.25, -0.2) is 4.39 Å². The van der Waals surface area contributed by atoms with E-state index in [1.807, 2.05) is 4.90 Å². The zero-order valence-corrected chi connectivity index (χ0v) is 12.7. The third kappa shape index (κ3) is 3.53. The number of hydrazine groups is 1. The number of hydrogen-bond acceptors (Lipinski definition) is 3. The Morgan fingerprint density at radius 1 is 1.38 bits per heavy atom. The summed E-state index contributed by atoms with van der Waals surface area (Å²) in [6.45, 7) is 5.90. The number of likely N-dealkylation sites (tertiary alicyclic amines) is 1. The van der Waals surface area contributed by atoms with E-state index in [1.165, 1.54) is 12.1 Å². The molecule has 0 spiro atoms. The van der Waals surface area contributed by atoms with Crippen molar-refractivity contribution in [3.63, 3.8) is 0 Å². The highest BCUT2D eigenvalue weighted by atomic mass is 19.1. The molecule has 21 heavy (non-hydrogen) atoms. The van der Waals surface area contributed by atoms with Gasteiger partial charge in [-0.2, -0.15) is 0 Å². The molecule has 1 amide bonds. The van der Waals surface area contributed by atoms with E-state index in [1.54, 1.807) is 6.07 Å². The molecule has 1 unspecified atom stereocenters. The first-order valence-electron chi connectivity index (χ1n) is 7.59. The predicted octanol–water partition coefficient (Wildman–Crippen LogP) is 3.01. The number of anilines is 1. The van der Waals surface area contributed by atoms with Crippen molar-refractivity contribution in [3.8, 4) is 0 Å². The third-order valence-electron chi connectivity index (χ3n) is 4.39.